The molecule has 2 aromatic carbocycles. The number of piperazine rings is 1. The fourth-order valence-corrected chi connectivity index (χ4v) is 3.57. The number of hydrogen-bond donors (Lipinski definition) is 1. The Morgan fingerprint density at radius 2 is 1.76 bits per heavy atom. The number of benzene rings is 2. The molecular formula is C21H23Cl2N3O3. The van der Waals surface area contributed by atoms with Crippen molar-refractivity contribution < 1.29 is 14.3 Å². The molecule has 2 aromatic rings. The lowest BCUT2D eigenvalue weighted by Crippen LogP contribution is -2.48. The SMILES string of the molecule is CC(=O)N1CCN(c2ccc(NC(=O)COc3ccc(Cl)c(C)c3)cc2Cl)CC1. The molecule has 1 saturated heterocycles. The second-order valence-corrected chi connectivity index (χ2v) is 7.72. The van der Waals surface area contributed by atoms with Gasteiger partial charge in [-0.15, -0.1) is 0 Å². The van der Waals surface area contributed by atoms with Crippen LogP contribution in [0.5, 0.6) is 5.75 Å². The third-order valence-corrected chi connectivity index (χ3v) is 5.52. The van der Waals surface area contributed by atoms with E-state index in [-0.39, 0.29) is 18.4 Å². The Kier molecular flexibility index (Phi) is 6.87. The van der Waals surface area contributed by atoms with E-state index in [1.807, 2.05) is 24.0 Å². The maximum atomic E-state index is 12.2. The molecule has 0 radical (unpaired) electrons. The van der Waals surface area contributed by atoms with Gasteiger partial charge in [0.2, 0.25) is 5.91 Å². The summed E-state index contributed by atoms with van der Waals surface area (Å²) >= 11 is 12.4. The topological polar surface area (TPSA) is 61.9 Å². The molecule has 3 rings (SSSR count). The second-order valence-electron chi connectivity index (χ2n) is 6.91. The highest BCUT2D eigenvalue weighted by Crippen LogP contribution is 2.29. The van der Waals surface area contributed by atoms with Crippen molar-refractivity contribution in [3.8, 4) is 5.75 Å². The molecule has 1 aliphatic heterocycles. The van der Waals surface area contributed by atoms with Crippen molar-refractivity contribution in [2.45, 2.75) is 13.8 Å². The van der Waals surface area contributed by atoms with E-state index in [4.69, 9.17) is 27.9 Å². The third-order valence-electron chi connectivity index (χ3n) is 4.80. The fourth-order valence-electron chi connectivity index (χ4n) is 3.16. The van der Waals surface area contributed by atoms with Crippen molar-refractivity contribution in [1.29, 1.82) is 0 Å². The van der Waals surface area contributed by atoms with Gasteiger partial charge in [-0.25, -0.2) is 0 Å². The van der Waals surface area contributed by atoms with Gasteiger partial charge in [-0.1, -0.05) is 23.2 Å². The zero-order valence-corrected chi connectivity index (χ0v) is 17.9. The Bertz CT molecular complexity index is 912. The fraction of sp³-hybridized carbons (Fsp3) is 0.333. The van der Waals surface area contributed by atoms with E-state index in [0.717, 1.165) is 24.3 Å². The van der Waals surface area contributed by atoms with Gasteiger partial charge in [0.1, 0.15) is 5.75 Å². The van der Waals surface area contributed by atoms with Crippen molar-refractivity contribution in [2.75, 3.05) is 43.0 Å². The molecule has 8 heteroatoms. The summed E-state index contributed by atoms with van der Waals surface area (Å²) in [5.74, 6) is 0.390. The number of nitrogens with zero attached hydrogens (tertiary/aromatic N) is 2. The van der Waals surface area contributed by atoms with Gasteiger partial charge in [0.05, 0.1) is 10.7 Å². The van der Waals surface area contributed by atoms with Crippen LogP contribution >= 0.6 is 23.2 Å². The second kappa shape index (κ2) is 9.37. The number of carbonyl (C=O) groups is 2. The first-order valence-corrected chi connectivity index (χ1v) is 10.1. The van der Waals surface area contributed by atoms with E-state index < -0.39 is 0 Å². The number of anilines is 2. The first-order chi connectivity index (χ1) is 13.8. The summed E-state index contributed by atoms with van der Waals surface area (Å²) in [6.07, 6.45) is 0. The number of ether oxygens (including phenoxy) is 1. The van der Waals surface area contributed by atoms with Crippen molar-refractivity contribution in [3.05, 3.63) is 52.0 Å². The molecule has 0 saturated carbocycles. The van der Waals surface area contributed by atoms with Gasteiger partial charge in [-0.2, -0.15) is 0 Å². The first-order valence-electron chi connectivity index (χ1n) is 9.32. The molecule has 0 aromatic heterocycles. The van der Waals surface area contributed by atoms with Crippen molar-refractivity contribution in [1.82, 2.24) is 4.90 Å². The van der Waals surface area contributed by atoms with Crippen LogP contribution in [0.4, 0.5) is 11.4 Å². The standard InChI is InChI=1S/C21H23Cl2N3O3/c1-14-11-17(4-5-18(14)22)29-13-21(28)24-16-3-6-20(19(23)12-16)26-9-7-25(8-10-26)15(2)27/h3-6,11-12H,7-10,13H2,1-2H3,(H,24,28). The highest BCUT2D eigenvalue weighted by atomic mass is 35.5. The number of carbonyl (C=O) groups excluding carboxylic acids is 2. The largest absolute Gasteiger partial charge is 0.484 e. The predicted octanol–water partition coefficient (Wildman–Crippen LogP) is 3.99. The monoisotopic (exact) mass is 435 g/mol. The Balaban J connectivity index is 1.55. The van der Waals surface area contributed by atoms with E-state index in [0.29, 0.717) is 34.6 Å². The van der Waals surface area contributed by atoms with Crippen LogP contribution in [0.25, 0.3) is 0 Å². The van der Waals surface area contributed by atoms with Gasteiger partial charge >= 0.3 is 0 Å². The molecule has 2 amide bonds. The van der Waals surface area contributed by atoms with Gasteiger partial charge in [0.15, 0.2) is 6.61 Å². The summed E-state index contributed by atoms with van der Waals surface area (Å²) in [5, 5.41) is 3.99. The Hall–Kier alpha value is -2.44. The lowest BCUT2D eigenvalue weighted by molar-refractivity contribution is -0.129. The normalized spacial score (nSPS) is 13.9. The van der Waals surface area contributed by atoms with E-state index >= 15 is 0 Å². The van der Waals surface area contributed by atoms with Gasteiger partial charge in [-0.05, 0) is 48.9 Å². The van der Waals surface area contributed by atoms with Crippen LogP contribution in [0.2, 0.25) is 10.0 Å². The van der Waals surface area contributed by atoms with Gasteiger partial charge in [0.25, 0.3) is 5.91 Å². The van der Waals surface area contributed by atoms with Crippen LogP contribution < -0.4 is 15.0 Å². The molecule has 29 heavy (non-hydrogen) atoms. The molecule has 6 nitrogen and oxygen atoms in total. The molecule has 1 N–H and O–H groups in total. The molecular weight excluding hydrogens is 413 g/mol. The number of rotatable bonds is 5. The number of halogens is 2. The van der Waals surface area contributed by atoms with Crippen molar-refractivity contribution in [2.24, 2.45) is 0 Å². The van der Waals surface area contributed by atoms with Crippen LogP contribution in [0.1, 0.15) is 12.5 Å². The highest BCUT2D eigenvalue weighted by Gasteiger charge is 2.20. The lowest BCUT2D eigenvalue weighted by atomic mass is 10.2. The zero-order chi connectivity index (χ0) is 21.0. The molecule has 0 unspecified atom stereocenters. The molecule has 0 spiro atoms. The third kappa shape index (κ3) is 5.55. The average Bonchev–Trinajstić information content (AvgIpc) is 2.69. The van der Waals surface area contributed by atoms with E-state index in [2.05, 4.69) is 10.2 Å². The minimum atomic E-state index is -0.281. The van der Waals surface area contributed by atoms with Gasteiger partial charge < -0.3 is 19.9 Å². The molecule has 1 fully saturated rings. The van der Waals surface area contributed by atoms with Gasteiger partial charge in [-0.3, -0.25) is 9.59 Å². The number of hydrogen-bond acceptors (Lipinski definition) is 4. The Labute approximate surface area is 180 Å². The first kappa shape index (κ1) is 21.3. The molecule has 0 bridgehead atoms. The maximum Gasteiger partial charge on any atom is 0.262 e. The molecule has 154 valence electrons. The quantitative estimate of drug-likeness (QED) is 0.770. The average molecular weight is 436 g/mol. The van der Waals surface area contributed by atoms with Crippen LogP contribution in [0.15, 0.2) is 36.4 Å². The van der Waals surface area contributed by atoms with E-state index in [1.54, 1.807) is 31.2 Å². The number of aryl methyl sites for hydroxylation is 1. The lowest BCUT2D eigenvalue weighted by Gasteiger charge is -2.36. The number of amides is 2. The van der Waals surface area contributed by atoms with E-state index in [1.165, 1.54) is 0 Å². The predicted molar refractivity (Wildman–Crippen MR) is 116 cm³/mol. The van der Waals surface area contributed by atoms with Crippen molar-refractivity contribution >= 4 is 46.4 Å². The molecule has 0 aliphatic carbocycles. The summed E-state index contributed by atoms with van der Waals surface area (Å²) in [5.41, 5.74) is 2.37. The van der Waals surface area contributed by atoms with Crippen LogP contribution in [0, 0.1) is 6.92 Å². The summed E-state index contributed by atoms with van der Waals surface area (Å²) in [7, 11) is 0. The molecule has 1 heterocycles. The Morgan fingerprint density at radius 3 is 2.38 bits per heavy atom. The summed E-state index contributed by atoms with van der Waals surface area (Å²) < 4.78 is 5.51. The van der Waals surface area contributed by atoms with Crippen molar-refractivity contribution in [3.63, 3.8) is 0 Å². The van der Waals surface area contributed by atoms with Crippen LogP contribution in [-0.2, 0) is 9.59 Å². The van der Waals surface area contributed by atoms with Gasteiger partial charge in [0, 0.05) is 43.8 Å². The minimum absolute atomic E-state index is 0.0878. The summed E-state index contributed by atoms with van der Waals surface area (Å²) in [6, 6.07) is 10.7. The maximum absolute atomic E-state index is 12.2. The highest BCUT2D eigenvalue weighted by molar-refractivity contribution is 6.33. The van der Waals surface area contributed by atoms with Crippen LogP contribution in [0.3, 0.4) is 0 Å². The van der Waals surface area contributed by atoms with E-state index in [9.17, 15) is 9.59 Å². The molecule has 1 aliphatic rings. The number of nitrogens with one attached hydrogen (secondary N) is 1. The Morgan fingerprint density at radius 1 is 1.03 bits per heavy atom. The smallest absolute Gasteiger partial charge is 0.262 e. The minimum Gasteiger partial charge on any atom is -0.484 e. The zero-order valence-electron chi connectivity index (χ0n) is 16.4. The summed E-state index contributed by atoms with van der Waals surface area (Å²) in [6.45, 7) is 6.13. The molecule has 0 atom stereocenters. The summed E-state index contributed by atoms with van der Waals surface area (Å²) in [4.78, 5) is 27.6. The van der Waals surface area contributed by atoms with Crippen LogP contribution in [-0.4, -0.2) is 49.5 Å².